The minimum absolute atomic E-state index is 0.163. The van der Waals surface area contributed by atoms with Crippen LogP contribution in [0.4, 0.5) is 21.9 Å². The smallest absolute Gasteiger partial charge is 0.322 e. The van der Waals surface area contributed by atoms with Crippen molar-refractivity contribution in [1.82, 2.24) is 4.90 Å². The number of nitrogens with zero attached hydrogens (tertiary/aromatic N) is 1. The van der Waals surface area contributed by atoms with Crippen LogP contribution in [0.25, 0.3) is 0 Å². The number of likely N-dealkylation sites (tertiary alicyclic amines) is 1. The lowest BCUT2D eigenvalue weighted by molar-refractivity contribution is -0.119. The quantitative estimate of drug-likeness (QED) is 0.722. The lowest BCUT2D eigenvalue weighted by Gasteiger charge is -2.24. The van der Waals surface area contributed by atoms with Crippen molar-refractivity contribution in [2.75, 3.05) is 29.6 Å². The Balaban J connectivity index is 1.64. The van der Waals surface area contributed by atoms with Crippen LogP contribution in [0.5, 0.6) is 5.75 Å². The molecule has 1 atom stereocenters. The molecule has 29 heavy (non-hydrogen) atoms. The van der Waals surface area contributed by atoms with Gasteiger partial charge in [-0.1, -0.05) is 12.1 Å². The molecule has 0 aliphatic carbocycles. The highest BCUT2D eigenvalue weighted by atomic mass is 16.5. The Morgan fingerprint density at radius 1 is 0.966 bits per heavy atom. The van der Waals surface area contributed by atoms with Gasteiger partial charge in [0.2, 0.25) is 11.8 Å². The summed E-state index contributed by atoms with van der Waals surface area (Å²) in [5, 5.41) is 8.33. The second-order valence-corrected chi connectivity index (χ2v) is 6.73. The number of nitrogens with one attached hydrogen (secondary N) is 3. The van der Waals surface area contributed by atoms with E-state index in [9.17, 15) is 14.4 Å². The molecule has 0 radical (unpaired) electrons. The Labute approximate surface area is 169 Å². The van der Waals surface area contributed by atoms with Crippen LogP contribution in [0.2, 0.25) is 0 Å². The van der Waals surface area contributed by atoms with Crippen LogP contribution in [-0.4, -0.2) is 42.4 Å². The molecular weight excluding hydrogens is 372 g/mol. The van der Waals surface area contributed by atoms with E-state index in [1.807, 2.05) is 6.07 Å². The van der Waals surface area contributed by atoms with Crippen molar-refractivity contribution in [2.24, 2.45) is 0 Å². The molecule has 2 aromatic rings. The summed E-state index contributed by atoms with van der Waals surface area (Å²) in [7, 11) is 1.54. The maximum atomic E-state index is 12.7. The van der Waals surface area contributed by atoms with Gasteiger partial charge in [0.1, 0.15) is 11.8 Å². The highest BCUT2D eigenvalue weighted by Gasteiger charge is 2.34. The number of ether oxygens (including phenoxy) is 1. The molecule has 4 amide bonds. The first-order valence-electron chi connectivity index (χ1n) is 9.37. The van der Waals surface area contributed by atoms with E-state index in [1.54, 1.807) is 42.5 Å². The first kappa shape index (κ1) is 20.2. The van der Waals surface area contributed by atoms with Gasteiger partial charge in [0.15, 0.2) is 0 Å². The number of carbonyl (C=O) groups is 3. The molecule has 3 N–H and O–H groups in total. The second kappa shape index (κ2) is 9.09. The van der Waals surface area contributed by atoms with Crippen molar-refractivity contribution in [3.05, 3.63) is 48.5 Å². The Hall–Kier alpha value is -3.55. The predicted octanol–water partition coefficient (Wildman–Crippen LogP) is 3.29. The second-order valence-electron chi connectivity index (χ2n) is 6.73. The van der Waals surface area contributed by atoms with Gasteiger partial charge in [-0.2, -0.15) is 0 Å². The predicted molar refractivity (Wildman–Crippen MR) is 111 cm³/mol. The first-order chi connectivity index (χ1) is 14.0. The van der Waals surface area contributed by atoms with Gasteiger partial charge in [0.25, 0.3) is 0 Å². The molecule has 0 spiro atoms. The highest BCUT2D eigenvalue weighted by Crippen LogP contribution is 2.26. The summed E-state index contributed by atoms with van der Waals surface area (Å²) in [5.41, 5.74) is 1.80. The lowest BCUT2D eigenvalue weighted by atomic mass is 10.2. The molecule has 1 fully saturated rings. The molecule has 1 aliphatic heterocycles. The number of rotatable bonds is 5. The zero-order chi connectivity index (χ0) is 20.8. The summed E-state index contributed by atoms with van der Waals surface area (Å²) in [4.78, 5) is 38.1. The number of urea groups is 1. The van der Waals surface area contributed by atoms with Crippen molar-refractivity contribution in [2.45, 2.75) is 25.8 Å². The van der Waals surface area contributed by atoms with Gasteiger partial charge in [-0.15, -0.1) is 0 Å². The number of amides is 4. The van der Waals surface area contributed by atoms with Crippen molar-refractivity contribution >= 4 is 34.9 Å². The van der Waals surface area contributed by atoms with E-state index >= 15 is 0 Å². The number of hydrogen-bond acceptors (Lipinski definition) is 4. The molecule has 3 rings (SSSR count). The van der Waals surface area contributed by atoms with Crippen molar-refractivity contribution in [3.8, 4) is 5.75 Å². The van der Waals surface area contributed by atoms with Crippen LogP contribution in [0.1, 0.15) is 19.8 Å². The monoisotopic (exact) mass is 396 g/mol. The van der Waals surface area contributed by atoms with Crippen LogP contribution in [0.15, 0.2) is 48.5 Å². The van der Waals surface area contributed by atoms with Gasteiger partial charge < -0.3 is 25.6 Å². The van der Waals surface area contributed by atoms with Gasteiger partial charge in [0, 0.05) is 24.8 Å². The van der Waals surface area contributed by atoms with Crippen molar-refractivity contribution in [1.29, 1.82) is 0 Å². The van der Waals surface area contributed by atoms with Crippen LogP contribution in [0, 0.1) is 0 Å². The maximum Gasteiger partial charge on any atom is 0.322 e. The number of para-hydroxylation sites is 2. The topological polar surface area (TPSA) is 99.8 Å². The summed E-state index contributed by atoms with van der Waals surface area (Å²) in [6.45, 7) is 1.93. The largest absolute Gasteiger partial charge is 0.495 e. The van der Waals surface area contributed by atoms with Crippen LogP contribution < -0.4 is 20.7 Å². The average molecular weight is 396 g/mol. The molecule has 152 valence electrons. The molecule has 0 aromatic heterocycles. The lowest BCUT2D eigenvalue weighted by Crippen LogP contribution is -2.45. The number of benzene rings is 2. The van der Waals surface area contributed by atoms with E-state index in [4.69, 9.17) is 4.74 Å². The van der Waals surface area contributed by atoms with Crippen molar-refractivity contribution < 1.29 is 19.1 Å². The Morgan fingerprint density at radius 3 is 2.28 bits per heavy atom. The number of hydrogen-bond donors (Lipinski definition) is 3. The van der Waals surface area contributed by atoms with Crippen molar-refractivity contribution in [3.63, 3.8) is 0 Å². The summed E-state index contributed by atoms with van der Waals surface area (Å²) in [6.07, 6.45) is 1.34. The summed E-state index contributed by atoms with van der Waals surface area (Å²) >= 11 is 0. The molecule has 1 saturated heterocycles. The number of methoxy groups -OCH3 is 1. The van der Waals surface area contributed by atoms with Gasteiger partial charge in [-0.3, -0.25) is 9.59 Å². The molecule has 8 heteroatoms. The van der Waals surface area contributed by atoms with Gasteiger partial charge in [-0.25, -0.2) is 4.79 Å². The fraction of sp³-hybridized carbons (Fsp3) is 0.286. The minimum atomic E-state index is -0.556. The van der Waals surface area contributed by atoms with Gasteiger partial charge in [0.05, 0.1) is 12.8 Å². The highest BCUT2D eigenvalue weighted by molar-refractivity contribution is 6.00. The minimum Gasteiger partial charge on any atom is -0.495 e. The first-order valence-corrected chi connectivity index (χ1v) is 9.37. The van der Waals surface area contributed by atoms with E-state index < -0.39 is 6.04 Å². The van der Waals surface area contributed by atoms with Crippen LogP contribution >= 0.6 is 0 Å². The average Bonchev–Trinajstić information content (AvgIpc) is 3.20. The Morgan fingerprint density at radius 2 is 1.62 bits per heavy atom. The third-order valence-electron chi connectivity index (χ3n) is 4.64. The maximum absolute atomic E-state index is 12.7. The normalized spacial score (nSPS) is 15.5. The van der Waals surface area contributed by atoms with Crippen LogP contribution in [-0.2, 0) is 9.59 Å². The summed E-state index contributed by atoms with van der Waals surface area (Å²) in [5.74, 6) is 0.148. The number of carbonyl (C=O) groups excluding carboxylic acids is 3. The third-order valence-corrected chi connectivity index (χ3v) is 4.64. The standard InChI is InChI=1S/C21H24N4O4/c1-14(26)22-15-9-11-16(12-10-15)23-20(27)18-7-5-13-25(18)21(28)24-17-6-3-4-8-19(17)29-2/h3-4,6,8-12,18H,5,7,13H2,1-2H3,(H,22,26)(H,23,27)(H,24,28)/t18-/m1/s1. The molecule has 1 aliphatic rings. The fourth-order valence-electron chi connectivity index (χ4n) is 3.28. The number of anilines is 3. The molecular formula is C21H24N4O4. The zero-order valence-corrected chi connectivity index (χ0v) is 16.4. The van der Waals surface area contributed by atoms with E-state index in [2.05, 4.69) is 16.0 Å². The molecule has 8 nitrogen and oxygen atoms in total. The van der Waals surface area contributed by atoms with Gasteiger partial charge in [-0.05, 0) is 49.2 Å². The SMILES string of the molecule is COc1ccccc1NC(=O)N1CCC[C@@H]1C(=O)Nc1ccc(NC(C)=O)cc1. The Bertz CT molecular complexity index is 898. The molecule has 0 bridgehead atoms. The zero-order valence-electron chi connectivity index (χ0n) is 16.4. The van der Waals surface area contributed by atoms with E-state index in [1.165, 1.54) is 18.9 Å². The van der Waals surface area contributed by atoms with Gasteiger partial charge >= 0.3 is 6.03 Å². The summed E-state index contributed by atoms with van der Waals surface area (Å²) in [6, 6.07) is 13.1. The fourth-order valence-corrected chi connectivity index (χ4v) is 3.28. The molecule has 1 heterocycles. The summed E-state index contributed by atoms with van der Waals surface area (Å²) < 4.78 is 5.26. The molecule has 0 saturated carbocycles. The van der Waals surface area contributed by atoms with Crippen LogP contribution in [0.3, 0.4) is 0 Å². The Kier molecular flexibility index (Phi) is 6.33. The molecule has 2 aromatic carbocycles. The van der Waals surface area contributed by atoms with E-state index in [0.29, 0.717) is 35.8 Å². The van der Waals surface area contributed by atoms with E-state index in [-0.39, 0.29) is 17.8 Å². The third kappa shape index (κ3) is 5.04. The van der Waals surface area contributed by atoms with E-state index in [0.717, 1.165) is 6.42 Å². The molecule has 0 unspecified atom stereocenters.